The van der Waals surface area contributed by atoms with E-state index in [1.54, 1.807) is 0 Å². The van der Waals surface area contributed by atoms with Gasteiger partial charge in [0.2, 0.25) is 0 Å². The van der Waals surface area contributed by atoms with Crippen molar-refractivity contribution in [3.63, 3.8) is 0 Å². The third-order valence-electron chi connectivity index (χ3n) is 2.69. The quantitative estimate of drug-likeness (QED) is 0.570. The molecule has 0 bridgehead atoms. The Labute approximate surface area is 106 Å². The Morgan fingerprint density at radius 2 is 1.71 bits per heavy atom. The minimum atomic E-state index is -0.389. The monoisotopic (exact) mass is 244 g/mol. The lowest BCUT2D eigenvalue weighted by molar-refractivity contribution is -0.154. The number of hydrogen-bond donors (Lipinski definition) is 1. The summed E-state index contributed by atoms with van der Waals surface area (Å²) < 4.78 is 5.23. The lowest BCUT2D eigenvalue weighted by atomic mass is 10.0. The molecule has 0 heterocycles. The Morgan fingerprint density at radius 1 is 1.18 bits per heavy atom. The largest absolute Gasteiger partial charge is 0.460 e. The molecule has 0 saturated heterocycles. The van der Waals surface area contributed by atoms with E-state index < -0.39 is 0 Å². The molecule has 0 saturated carbocycles. The van der Waals surface area contributed by atoms with Crippen molar-refractivity contribution in [2.75, 3.05) is 27.2 Å². The molecule has 0 aromatic rings. The number of nitrogens with one attached hydrogen (secondary N) is 1. The zero-order valence-corrected chi connectivity index (χ0v) is 12.4. The van der Waals surface area contributed by atoms with Gasteiger partial charge >= 0.3 is 5.97 Å². The van der Waals surface area contributed by atoms with Crippen molar-refractivity contribution in [2.24, 2.45) is 0 Å². The maximum atomic E-state index is 11.4. The van der Waals surface area contributed by atoms with Crippen molar-refractivity contribution in [1.29, 1.82) is 0 Å². The predicted molar refractivity (Wildman–Crippen MR) is 71.1 cm³/mol. The van der Waals surface area contributed by atoms with Crippen molar-refractivity contribution in [1.82, 2.24) is 10.2 Å². The van der Waals surface area contributed by atoms with Gasteiger partial charge < -0.3 is 15.0 Å². The van der Waals surface area contributed by atoms with Gasteiger partial charge in [-0.05, 0) is 48.7 Å². The second kappa shape index (κ2) is 6.36. The highest BCUT2D eigenvalue weighted by atomic mass is 16.6. The molecule has 1 N–H and O–H groups in total. The first-order chi connectivity index (χ1) is 7.54. The standard InChI is InChI=1S/C13H28N2O2/c1-12(2,3)17-11(16)8-9-14-10-13(4,5)15(6)7/h14H,8-10H2,1-7H3. The van der Waals surface area contributed by atoms with Gasteiger partial charge in [0.15, 0.2) is 0 Å². The van der Waals surface area contributed by atoms with Crippen LogP contribution in [0.3, 0.4) is 0 Å². The molecule has 0 aromatic heterocycles. The number of rotatable bonds is 6. The molecule has 102 valence electrons. The van der Waals surface area contributed by atoms with Crippen molar-refractivity contribution in [2.45, 2.75) is 52.2 Å². The summed E-state index contributed by atoms with van der Waals surface area (Å²) in [7, 11) is 4.10. The molecule has 0 unspecified atom stereocenters. The fraction of sp³-hybridized carbons (Fsp3) is 0.923. The first kappa shape index (κ1) is 16.4. The van der Waals surface area contributed by atoms with Crippen molar-refractivity contribution in [3.8, 4) is 0 Å². The number of esters is 1. The van der Waals surface area contributed by atoms with E-state index in [-0.39, 0.29) is 17.1 Å². The molecule has 0 amide bonds. The van der Waals surface area contributed by atoms with Crippen LogP contribution in [-0.2, 0) is 9.53 Å². The Hall–Kier alpha value is -0.610. The zero-order chi connectivity index (χ0) is 13.7. The third-order valence-corrected chi connectivity index (χ3v) is 2.69. The molecule has 0 aliphatic carbocycles. The molecular formula is C13H28N2O2. The Bertz CT molecular complexity index is 242. The van der Waals surface area contributed by atoms with Gasteiger partial charge in [0.25, 0.3) is 0 Å². The second-order valence-electron chi connectivity index (χ2n) is 6.22. The van der Waals surface area contributed by atoms with E-state index in [1.807, 2.05) is 20.8 Å². The average Bonchev–Trinajstić information content (AvgIpc) is 2.09. The fourth-order valence-electron chi connectivity index (χ4n) is 1.14. The van der Waals surface area contributed by atoms with Gasteiger partial charge in [-0.1, -0.05) is 0 Å². The summed E-state index contributed by atoms with van der Waals surface area (Å²) >= 11 is 0. The van der Waals surface area contributed by atoms with Gasteiger partial charge in [0.1, 0.15) is 5.60 Å². The van der Waals surface area contributed by atoms with Crippen molar-refractivity contribution in [3.05, 3.63) is 0 Å². The lowest BCUT2D eigenvalue weighted by Gasteiger charge is -2.32. The van der Waals surface area contributed by atoms with Crippen LogP contribution in [0.15, 0.2) is 0 Å². The molecule has 0 aliphatic rings. The molecule has 17 heavy (non-hydrogen) atoms. The van der Waals surface area contributed by atoms with Crippen LogP contribution in [0.25, 0.3) is 0 Å². The normalized spacial score (nSPS) is 12.9. The highest BCUT2D eigenvalue weighted by molar-refractivity contribution is 5.70. The lowest BCUT2D eigenvalue weighted by Crippen LogP contribution is -2.47. The molecule has 0 aromatic carbocycles. The molecule has 0 radical (unpaired) electrons. The molecular weight excluding hydrogens is 216 g/mol. The van der Waals surface area contributed by atoms with E-state index in [1.165, 1.54) is 0 Å². The number of nitrogens with zero attached hydrogens (tertiary/aromatic N) is 1. The second-order valence-corrected chi connectivity index (χ2v) is 6.22. The average molecular weight is 244 g/mol. The van der Waals surface area contributed by atoms with Crippen LogP contribution in [0.1, 0.15) is 41.0 Å². The van der Waals surface area contributed by atoms with Crippen molar-refractivity contribution >= 4 is 5.97 Å². The highest BCUT2D eigenvalue weighted by Gasteiger charge is 2.20. The summed E-state index contributed by atoms with van der Waals surface area (Å²) in [6.45, 7) is 11.5. The van der Waals surface area contributed by atoms with Crippen molar-refractivity contribution < 1.29 is 9.53 Å². The third kappa shape index (κ3) is 8.16. The van der Waals surface area contributed by atoms with Crippen LogP contribution >= 0.6 is 0 Å². The smallest absolute Gasteiger partial charge is 0.307 e. The molecule has 4 nitrogen and oxygen atoms in total. The first-order valence-corrected chi connectivity index (χ1v) is 6.14. The topological polar surface area (TPSA) is 41.6 Å². The van der Waals surface area contributed by atoms with E-state index in [0.29, 0.717) is 13.0 Å². The molecule has 4 heteroatoms. The molecule has 0 rings (SSSR count). The van der Waals surface area contributed by atoms with Gasteiger partial charge in [-0.25, -0.2) is 0 Å². The predicted octanol–water partition coefficient (Wildman–Crippen LogP) is 1.65. The van der Waals surface area contributed by atoms with Gasteiger partial charge in [0.05, 0.1) is 6.42 Å². The minimum absolute atomic E-state index is 0.0912. The number of likely N-dealkylation sites (N-methyl/N-ethyl adjacent to an activating group) is 1. The summed E-state index contributed by atoms with van der Waals surface area (Å²) in [5, 5.41) is 3.28. The molecule has 0 spiro atoms. The van der Waals surface area contributed by atoms with E-state index >= 15 is 0 Å². The van der Waals surface area contributed by atoms with E-state index in [4.69, 9.17) is 4.74 Å². The van der Waals surface area contributed by atoms with Crippen LogP contribution in [0.5, 0.6) is 0 Å². The summed E-state index contributed by atoms with van der Waals surface area (Å²) in [5.74, 6) is -0.146. The number of carbonyl (C=O) groups is 1. The molecule has 0 aliphatic heterocycles. The van der Waals surface area contributed by atoms with Crippen LogP contribution in [-0.4, -0.2) is 49.2 Å². The number of ether oxygens (including phenoxy) is 1. The molecule has 0 atom stereocenters. The van der Waals surface area contributed by atoms with E-state index in [0.717, 1.165) is 6.54 Å². The summed E-state index contributed by atoms with van der Waals surface area (Å²) in [6.07, 6.45) is 0.417. The first-order valence-electron chi connectivity index (χ1n) is 6.14. The minimum Gasteiger partial charge on any atom is -0.460 e. The molecule has 0 fully saturated rings. The van der Waals surface area contributed by atoms with E-state index in [2.05, 4.69) is 38.2 Å². The number of carbonyl (C=O) groups excluding carboxylic acids is 1. The van der Waals surface area contributed by atoms with Crippen LogP contribution in [0.2, 0.25) is 0 Å². The highest BCUT2D eigenvalue weighted by Crippen LogP contribution is 2.09. The Kier molecular flexibility index (Phi) is 6.13. The maximum Gasteiger partial charge on any atom is 0.307 e. The SMILES string of the molecule is CN(C)C(C)(C)CNCCC(=O)OC(C)(C)C. The van der Waals surface area contributed by atoms with Gasteiger partial charge in [-0.3, -0.25) is 4.79 Å². The number of hydrogen-bond acceptors (Lipinski definition) is 4. The Balaban J connectivity index is 3.76. The maximum absolute atomic E-state index is 11.4. The van der Waals surface area contributed by atoms with E-state index in [9.17, 15) is 4.79 Å². The van der Waals surface area contributed by atoms with Crippen LogP contribution in [0.4, 0.5) is 0 Å². The zero-order valence-electron chi connectivity index (χ0n) is 12.4. The van der Waals surface area contributed by atoms with Crippen LogP contribution < -0.4 is 5.32 Å². The summed E-state index contributed by atoms with van der Waals surface area (Å²) in [4.78, 5) is 13.6. The van der Waals surface area contributed by atoms with Crippen LogP contribution in [0, 0.1) is 0 Å². The van der Waals surface area contributed by atoms with Gasteiger partial charge in [-0.2, -0.15) is 0 Å². The van der Waals surface area contributed by atoms with Gasteiger partial charge in [-0.15, -0.1) is 0 Å². The fourth-order valence-corrected chi connectivity index (χ4v) is 1.14. The summed E-state index contributed by atoms with van der Waals surface area (Å²) in [5.41, 5.74) is -0.298. The van der Waals surface area contributed by atoms with Gasteiger partial charge in [0, 0.05) is 18.6 Å². The Morgan fingerprint density at radius 3 is 2.12 bits per heavy atom. The summed E-state index contributed by atoms with van der Waals surface area (Å²) in [6, 6.07) is 0.